The van der Waals surface area contributed by atoms with Crippen LogP contribution < -0.4 is 10.8 Å². The Morgan fingerprint density at radius 3 is 2.54 bits per heavy atom. The topological polar surface area (TPSA) is 67.8 Å². The number of aliphatic carboxylic acids is 1. The molecule has 1 rings (SSSR count). The number of quaternary nitrogens is 1. The highest BCUT2D eigenvalue weighted by atomic mass is 19.1. The zero-order chi connectivity index (χ0) is 10.0. The minimum atomic E-state index is -1.49. The van der Waals surface area contributed by atoms with Crippen LogP contribution in [0.15, 0.2) is 18.2 Å². The van der Waals surface area contributed by atoms with Crippen LogP contribution in [0.4, 0.5) is 8.78 Å². The van der Waals surface area contributed by atoms with Crippen LogP contribution in [0.2, 0.25) is 0 Å². The molecule has 0 amide bonds. The van der Waals surface area contributed by atoms with Crippen molar-refractivity contribution in [2.24, 2.45) is 0 Å². The Balaban J connectivity index is 3.08. The second-order valence-electron chi connectivity index (χ2n) is 2.54. The van der Waals surface area contributed by atoms with Crippen molar-refractivity contribution in [1.29, 1.82) is 0 Å². The van der Waals surface area contributed by atoms with E-state index in [2.05, 4.69) is 5.73 Å². The summed E-state index contributed by atoms with van der Waals surface area (Å²) in [5.41, 5.74) is 2.99. The maximum absolute atomic E-state index is 12.9. The van der Waals surface area contributed by atoms with E-state index in [9.17, 15) is 18.7 Å². The number of carboxylic acids is 1. The fraction of sp³-hybridized carbons (Fsp3) is 0.125. The van der Waals surface area contributed by atoms with Gasteiger partial charge in [-0.05, 0) is 12.1 Å². The Morgan fingerprint density at radius 1 is 1.46 bits per heavy atom. The minimum absolute atomic E-state index is 0.179. The number of rotatable bonds is 2. The zero-order valence-electron chi connectivity index (χ0n) is 6.59. The van der Waals surface area contributed by atoms with Crippen molar-refractivity contribution < 1.29 is 24.4 Å². The molecule has 0 bridgehead atoms. The molecule has 70 valence electrons. The van der Waals surface area contributed by atoms with Crippen LogP contribution in [-0.2, 0) is 4.79 Å². The van der Waals surface area contributed by atoms with E-state index in [4.69, 9.17) is 0 Å². The van der Waals surface area contributed by atoms with Crippen LogP contribution in [0.5, 0.6) is 0 Å². The van der Waals surface area contributed by atoms with Gasteiger partial charge in [-0.2, -0.15) is 0 Å². The summed E-state index contributed by atoms with van der Waals surface area (Å²) in [6, 6.07) is 1.30. The van der Waals surface area contributed by atoms with Gasteiger partial charge in [-0.3, -0.25) is 0 Å². The number of hydrogen-bond acceptors (Lipinski definition) is 2. The van der Waals surface area contributed by atoms with Crippen LogP contribution in [0, 0.1) is 11.6 Å². The predicted octanol–water partition coefficient (Wildman–Crippen LogP) is -1.00. The van der Waals surface area contributed by atoms with Gasteiger partial charge in [-0.15, -0.1) is 0 Å². The molecule has 0 aromatic heterocycles. The number of carbonyl (C=O) groups is 1. The summed E-state index contributed by atoms with van der Waals surface area (Å²) in [6.07, 6.45) is 0. The summed E-state index contributed by atoms with van der Waals surface area (Å²) in [5.74, 6) is -3.18. The summed E-state index contributed by atoms with van der Waals surface area (Å²) in [7, 11) is 0. The van der Waals surface area contributed by atoms with E-state index in [0.29, 0.717) is 6.07 Å². The third-order valence-corrected chi connectivity index (χ3v) is 1.62. The lowest BCUT2D eigenvalue weighted by Crippen LogP contribution is -2.61. The fourth-order valence-electron chi connectivity index (χ4n) is 0.911. The van der Waals surface area contributed by atoms with Crippen molar-refractivity contribution in [3.8, 4) is 0 Å². The molecule has 13 heavy (non-hydrogen) atoms. The van der Waals surface area contributed by atoms with Crippen LogP contribution in [0.25, 0.3) is 0 Å². The van der Waals surface area contributed by atoms with E-state index >= 15 is 0 Å². The number of benzene rings is 1. The van der Waals surface area contributed by atoms with Gasteiger partial charge in [0, 0.05) is 6.07 Å². The van der Waals surface area contributed by atoms with Crippen molar-refractivity contribution in [3.05, 3.63) is 35.4 Å². The normalized spacial score (nSPS) is 12.5. The van der Waals surface area contributed by atoms with E-state index in [1.165, 1.54) is 0 Å². The minimum Gasteiger partial charge on any atom is -0.544 e. The zero-order valence-corrected chi connectivity index (χ0v) is 6.59. The molecular formula is C8H7F2NO2. The largest absolute Gasteiger partial charge is 0.544 e. The number of hydrogen-bond donors (Lipinski definition) is 1. The SMILES string of the molecule is [NH3+][C@@H](C(=O)[O-])c1ccc(F)cc1F. The molecular weight excluding hydrogens is 180 g/mol. The lowest BCUT2D eigenvalue weighted by Gasteiger charge is -2.09. The van der Waals surface area contributed by atoms with Crippen molar-refractivity contribution in [3.63, 3.8) is 0 Å². The predicted molar refractivity (Wildman–Crippen MR) is 37.0 cm³/mol. The molecule has 3 nitrogen and oxygen atoms in total. The summed E-state index contributed by atoms with van der Waals surface area (Å²) < 4.78 is 25.3. The van der Waals surface area contributed by atoms with E-state index in [1.54, 1.807) is 0 Å². The Bertz CT molecular complexity index is 341. The van der Waals surface area contributed by atoms with E-state index in [0.717, 1.165) is 12.1 Å². The third-order valence-electron chi connectivity index (χ3n) is 1.62. The number of carbonyl (C=O) groups excluding carboxylic acids is 1. The molecule has 0 aliphatic carbocycles. The number of carboxylic acid groups (broad SMARTS) is 1. The summed E-state index contributed by atoms with van der Waals surface area (Å²) >= 11 is 0. The van der Waals surface area contributed by atoms with E-state index < -0.39 is 23.6 Å². The van der Waals surface area contributed by atoms with Gasteiger partial charge in [0.15, 0.2) is 6.04 Å². The molecule has 1 aromatic rings. The average molecular weight is 187 g/mol. The number of halogens is 2. The molecule has 0 spiro atoms. The molecule has 0 aliphatic heterocycles. The Kier molecular flexibility index (Phi) is 2.57. The lowest BCUT2D eigenvalue weighted by atomic mass is 10.1. The van der Waals surface area contributed by atoms with Gasteiger partial charge in [-0.1, -0.05) is 0 Å². The van der Waals surface area contributed by atoms with Gasteiger partial charge < -0.3 is 15.6 Å². The van der Waals surface area contributed by atoms with E-state index in [-0.39, 0.29) is 5.56 Å². The highest BCUT2D eigenvalue weighted by Crippen LogP contribution is 2.14. The van der Waals surface area contributed by atoms with Crippen molar-refractivity contribution in [2.45, 2.75) is 6.04 Å². The third kappa shape index (κ3) is 2.00. The average Bonchev–Trinajstić information content (AvgIpc) is 2.03. The molecule has 5 heteroatoms. The molecule has 0 heterocycles. The van der Waals surface area contributed by atoms with Gasteiger partial charge in [0.1, 0.15) is 17.6 Å². The Labute approximate surface area is 72.8 Å². The Morgan fingerprint density at radius 2 is 2.08 bits per heavy atom. The smallest absolute Gasteiger partial charge is 0.153 e. The molecule has 1 aromatic carbocycles. The lowest BCUT2D eigenvalue weighted by molar-refractivity contribution is -0.443. The standard InChI is InChI=1S/C8H7F2NO2/c9-4-1-2-5(6(10)3-4)7(11)8(12)13/h1-3,7H,11H2,(H,12,13)/t7-/m1/s1. The first-order valence-corrected chi connectivity index (χ1v) is 3.51. The van der Waals surface area contributed by atoms with Crippen molar-refractivity contribution in [2.75, 3.05) is 0 Å². The first-order chi connectivity index (χ1) is 6.02. The molecule has 1 atom stereocenters. The maximum atomic E-state index is 12.9. The second kappa shape index (κ2) is 3.49. The molecule has 0 radical (unpaired) electrons. The Hall–Kier alpha value is -1.49. The second-order valence-corrected chi connectivity index (χ2v) is 2.54. The molecule has 0 unspecified atom stereocenters. The van der Waals surface area contributed by atoms with Crippen molar-refractivity contribution >= 4 is 5.97 Å². The van der Waals surface area contributed by atoms with Gasteiger partial charge in [0.05, 0.1) is 5.56 Å². The monoisotopic (exact) mass is 187 g/mol. The molecule has 0 saturated carbocycles. The van der Waals surface area contributed by atoms with Crippen LogP contribution >= 0.6 is 0 Å². The quantitative estimate of drug-likeness (QED) is 0.645. The van der Waals surface area contributed by atoms with E-state index in [1.807, 2.05) is 0 Å². The molecule has 3 N–H and O–H groups in total. The van der Waals surface area contributed by atoms with Crippen LogP contribution in [-0.4, -0.2) is 5.97 Å². The molecule has 0 aliphatic rings. The highest BCUT2D eigenvalue weighted by molar-refractivity contribution is 5.71. The van der Waals surface area contributed by atoms with Gasteiger partial charge in [0.25, 0.3) is 0 Å². The summed E-state index contributed by atoms with van der Waals surface area (Å²) in [6.45, 7) is 0. The summed E-state index contributed by atoms with van der Waals surface area (Å²) in [5, 5.41) is 10.3. The summed E-state index contributed by atoms with van der Waals surface area (Å²) in [4.78, 5) is 10.3. The van der Waals surface area contributed by atoms with Crippen LogP contribution in [0.1, 0.15) is 11.6 Å². The maximum Gasteiger partial charge on any atom is 0.153 e. The van der Waals surface area contributed by atoms with Gasteiger partial charge >= 0.3 is 0 Å². The molecule has 0 fully saturated rings. The molecule has 0 saturated heterocycles. The fourth-order valence-corrected chi connectivity index (χ4v) is 0.911. The van der Waals surface area contributed by atoms with Gasteiger partial charge in [0.2, 0.25) is 0 Å². The first kappa shape index (κ1) is 9.60. The highest BCUT2D eigenvalue weighted by Gasteiger charge is 2.15. The van der Waals surface area contributed by atoms with Gasteiger partial charge in [-0.25, -0.2) is 8.78 Å². The first-order valence-electron chi connectivity index (χ1n) is 3.51. The van der Waals surface area contributed by atoms with Crippen LogP contribution in [0.3, 0.4) is 0 Å². The van der Waals surface area contributed by atoms with Crippen molar-refractivity contribution in [1.82, 2.24) is 0 Å².